The molecule has 0 bridgehead atoms. The highest BCUT2D eigenvalue weighted by Gasteiger charge is 2.39. The molecule has 1 aliphatic heterocycles. The normalized spacial score (nSPS) is 28.7. The van der Waals surface area contributed by atoms with E-state index in [2.05, 4.69) is 0 Å². The standard InChI is InChI=1S/C14H24N2OS/c1-14(2,12(15)18)13(17)16-8-7-10-5-3-4-6-11(10)9-16/h10-11H,3-9H2,1-2H3,(H2,15,18). The quantitative estimate of drug-likeness (QED) is 0.782. The Morgan fingerprint density at radius 3 is 2.44 bits per heavy atom. The molecule has 1 aliphatic carbocycles. The number of hydrogen-bond acceptors (Lipinski definition) is 2. The summed E-state index contributed by atoms with van der Waals surface area (Å²) in [5.74, 6) is 1.66. The summed E-state index contributed by atoms with van der Waals surface area (Å²) in [5, 5.41) is 0. The van der Waals surface area contributed by atoms with Gasteiger partial charge < -0.3 is 10.6 Å². The maximum absolute atomic E-state index is 12.5. The fourth-order valence-corrected chi connectivity index (χ4v) is 3.37. The Morgan fingerprint density at radius 1 is 1.22 bits per heavy atom. The van der Waals surface area contributed by atoms with Gasteiger partial charge in [0.05, 0.1) is 10.4 Å². The molecule has 2 unspecified atom stereocenters. The van der Waals surface area contributed by atoms with Crippen LogP contribution in [0.15, 0.2) is 0 Å². The van der Waals surface area contributed by atoms with E-state index in [9.17, 15) is 4.79 Å². The second-order valence-corrected chi connectivity index (χ2v) is 6.77. The minimum Gasteiger partial charge on any atom is -0.392 e. The smallest absolute Gasteiger partial charge is 0.235 e. The minimum atomic E-state index is -0.698. The van der Waals surface area contributed by atoms with Crippen LogP contribution < -0.4 is 5.73 Å². The lowest BCUT2D eigenvalue weighted by Crippen LogP contribution is -2.52. The fourth-order valence-electron chi connectivity index (χ4n) is 3.29. The van der Waals surface area contributed by atoms with Crippen molar-refractivity contribution in [1.29, 1.82) is 0 Å². The summed E-state index contributed by atoms with van der Waals surface area (Å²) in [6.07, 6.45) is 6.48. The summed E-state index contributed by atoms with van der Waals surface area (Å²) >= 11 is 5.02. The summed E-state index contributed by atoms with van der Waals surface area (Å²) in [6, 6.07) is 0. The van der Waals surface area contributed by atoms with E-state index in [0.29, 0.717) is 10.9 Å². The van der Waals surface area contributed by atoms with Crippen molar-refractivity contribution < 1.29 is 4.79 Å². The van der Waals surface area contributed by atoms with Crippen LogP contribution in [0.4, 0.5) is 0 Å². The van der Waals surface area contributed by atoms with Crippen LogP contribution in [0.1, 0.15) is 46.0 Å². The topological polar surface area (TPSA) is 46.3 Å². The number of thiocarbonyl (C=S) groups is 1. The number of piperidine rings is 1. The van der Waals surface area contributed by atoms with E-state index < -0.39 is 5.41 Å². The number of fused-ring (bicyclic) bond motifs is 1. The summed E-state index contributed by atoms with van der Waals surface area (Å²) in [7, 11) is 0. The van der Waals surface area contributed by atoms with Crippen molar-refractivity contribution in [2.75, 3.05) is 13.1 Å². The van der Waals surface area contributed by atoms with Crippen LogP contribution in [-0.2, 0) is 4.79 Å². The molecule has 1 saturated heterocycles. The Kier molecular flexibility index (Phi) is 3.95. The molecule has 1 amide bonds. The van der Waals surface area contributed by atoms with Gasteiger partial charge in [-0.25, -0.2) is 0 Å². The van der Waals surface area contributed by atoms with Crippen LogP contribution in [0.3, 0.4) is 0 Å². The molecule has 2 atom stereocenters. The number of likely N-dealkylation sites (tertiary alicyclic amines) is 1. The molecular weight excluding hydrogens is 244 g/mol. The molecular formula is C14H24N2OS. The largest absolute Gasteiger partial charge is 0.392 e. The first-order valence-corrected chi connectivity index (χ1v) is 7.43. The lowest BCUT2D eigenvalue weighted by molar-refractivity contribution is -0.140. The van der Waals surface area contributed by atoms with Crippen LogP contribution in [-0.4, -0.2) is 28.9 Å². The number of nitrogens with zero attached hydrogens (tertiary/aromatic N) is 1. The number of nitrogens with two attached hydrogens (primary N) is 1. The monoisotopic (exact) mass is 268 g/mol. The molecule has 102 valence electrons. The molecule has 2 N–H and O–H groups in total. The molecule has 2 aliphatic rings. The van der Waals surface area contributed by atoms with Gasteiger partial charge in [-0.1, -0.05) is 31.5 Å². The van der Waals surface area contributed by atoms with E-state index in [4.69, 9.17) is 18.0 Å². The number of carbonyl (C=O) groups is 1. The molecule has 0 aromatic carbocycles. The zero-order valence-corrected chi connectivity index (χ0v) is 12.3. The first kappa shape index (κ1) is 13.8. The zero-order valence-electron chi connectivity index (χ0n) is 11.4. The summed E-state index contributed by atoms with van der Waals surface area (Å²) < 4.78 is 0. The number of rotatable bonds is 2. The first-order valence-electron chi connectivity index (χ1n) is 7.02. The number of hydrogen-bond donors (Lipinski definition) is 1. The minimum absolute atomic E-state index is 0.110. The van der Waals surface area contributed by atoms with Gasteiger partial charge in [-0.3, -0.25) is 4.79 Å². The van der Waals surface area contributed by atoms with E-state index in [1.807, 2.05) is 18.7 Å². The van der Waals surface area contributed by atoms with Gasteiger partial charge in [-0.05, 0) is 38.5 Å². The maximum Gasteiger partial charge on any atom is 0.235 e. The molecule has 3 nitrogen and oxygen atoms in total. The van der Waals surface area contributed by atoms with Gasteiger partial charge in [0.2, 0.25) is 5.91 Å². The Hall–Kier alpha value is -0.640. The van der Waals surface area contributed by atoms with Gasteiger partial charge in [0.15, 0.2) is 0 Å². The van der Waals surface area contributed by atoms with Crippen molar-refractivity contribution in [2.45, 2.75) is 46.0 Å². The van der Waals surface area contributed by atoms with E-state index >= 15 is 0 Å². The van der Waals surface area contributed by atoms with Gasteiger partial charge in [0.25, 0.3) is 0 Å². The van der Waals surface area contributed by atoms with E-state index in [1.54, 1.807) is 0 Å². The molecule has 2 fully saturated rings. The van der Waals surface area contributed by atoms with Gasteiger partial charge in [0, 0.05) is 13.1 Å². The van der Waals surface area contributed by atoms with Crippen LogP contribution in [0.25, 0.3) is 0 Å². The fraction of sp³-hybridized carbons (Fsp3) is 0.857. The van der Waals surface area contributed by atoms with Crippen LogP contribution in [0.2, 0.25) is 0 Å². The zero-order chi connectivity index (χ0) is 13.3. The van der Waals surface area contributed by atoms with Crippen molar-refractivity contribution in [1.82, 2.24) is 4.90 Å². The second-order valence-electron chi connectivity index (χ2n) is 6.33. The van der Waals surface area contributed by atoms with Crippen molar-refractivity contribution >= 4 is 23.1 Å². The molecule has 1 heterocycles. The first-order chi connectivity index (χ1) is 8.43. The van der Waals surface area contributed by atoms with Gasteiger partial charge in [0.1, 0.15) is 0 Å². The summed E-state index contributed by atoms with van der Waals surface area (Å²) in [6.45, 7) is 5.47. The molecule has 0 radical (unpaired) electrons. The SMILES string of the molecule is CC(C)(C(=O)N1CCC2CCCCC2C1)C(N)=S. The highest BCUT2D eigenvalue weighted by Crippen LogP contribution is 2.37. The van der Waals surface area contributed by atoms with Crippen LogP contribution in [0.5, 0.6) is 0 Å². The van der Waals surface area contributed by atoms with E-state index in [-0.39, 0.29) is 5.91 Å². The Bertz CT molecular complexity index is 354. The van der Waals surface area contributed by atoms with Crippen LogP contribution in [0, 0.1) is 17.3 Å². The van der Waals surface area contributed by atoms with Gasteiger partial charge >= 0.3 is 0 Å². The van der Waals surface area contributed by atoms with Crippen molar-refractivity contribution in [3.05, 3.63) is 0 Å². The molecule has 0 aromatic rings. The Balaban J connectivity index is 2.02. The molecule has 0 aromatic heterocycles. The molecule has 4 heteroatoms. The van der Waals surface area contributed by atoms with E-state index in [1.165, 1.54) is 25.7 Å². The second kappa shape index (κ2) is 5.16. The Labute approximate surface area is 115 Å². The predicted octanol–water partition coefficient (Wildman–Crippen LogP) is 2.34. The van der Waals surface area contributed by atoms with Crippen molar-refractivity contribution in [2.24, 2.45) is 23.0 Å². The van der Waals surface area contributed by atoms with Gasteiger partial charge in [-0.2, -0.15) is 0 Å². The van der Waals surface area contributed by atoms with E-state index in [0.717, 1.165) is 25.4 Å². The highest BCUT2D eigenvalue weighted by molar-refractivity contribution is 7.80. The third kappa shape index (κ3) is 2.53. The third-order valence-corrected chi connectivity index (χ3v) is 5.24. The van der Waals surface area contributed by atoms with Crippen molar-refractivity contribution in [3.8, 4) is 0 Å². The Morgan fingerprint density at radius 2 is 1.83 bits per heavy atom. The summed E-state index contributed by atoms with van der Waals surface area (Å²) in [5.41, 5.74) is 5.00. The predicted molar refractivity (Wildman–Crippen MR) is 77.2 cm³/mol. The highest BCUT2D eigenvalue weighted by atomic mass is 32.1. The lowest BCUT2D eigenvalue weighted by Gasteiger charge is -2.43. The molecule has 0 spiro atoms. The average molecular weight is 268 g/mol. The summed E-state index contributed by atoms with van der Waals surface area (Å²) in [4.78, 5) is 14.8. The van der Waals surface area contributed by atoms with Crippen molar-refractivity contribution in [3.63, 3.8) is 0 Å². The lowest BCUT2D eigenvalue weighted by atomic mass is 9.74. The molecule has 2 rings (SSSR count). The number of carbonyl (C=O) groups excluding carboxylic acids is 1. The third-order valence-electron chi connectivity index (χ3n) is 4.73. The molecule has 18 heavy (non-hydrogen) atoms. The van der Waals surface area contributed by atoms with Gasteiger partial charge in [-0.15, -0.1) is 0 Å². The average Bonchev–Trinajstić information content (AvgIpc) is 2.37. The number of amides is 1. The van der Waals surface area contributed by atoms with Crippen LogP contribution >= 0.6 is 12.2 Å². The molecule has 1 saturated carbocycles. The maximum atomic E-state index is 12.5.